The third-order valence-corrected chi connectivity index (χ3v) is 3.70. The number of thioether (sulfide) groups is 1. The molecule has 8 heteroatoms. The molecule has 1 heterocycles. The predicted octanol–water partition coefficient (Wildman–Crippen LogP) is 1.33. The van der Waals surface area contributed by atoms with E-state index in [1.165, 1.54) is 18.9 Å². The monoisotopic (exact) mass is 297 g/mol. The van der Waals surface area contributed by atoms with E-state index in [4.69, 9.17) is 4.74 Å². The maximum absolute atomic E-state index is 14.0. The summed E-state index contributed by atoms with van der Waals surface area (Å²) in [7, 11) is 3.32. The van der Waals surface area contributed by atoms with E-state index in [0.717, 1.165) is 6.54 Å². The second-order valence-electron chi connectivity index (χ2n) is 4.01. The summed E-state index contributed by atoms with van der Waals surface area (Å²) >= 11 is 1.39. The van der Waals surface area contributed by atoms with Gasteiger partial charge in [0, 0.05) is 17.9 Å². The molecule has 0 aliphatic carbocycles. The van der Waals surface area contributed by atoms with Crippen LogP contribution in [0.25, 0.3) is 0 Å². The van der Waals surface area contributed by atoms with Crippen LogP contribution in [0.4, 0.5) is 4.39 Å². The van der Waals surface area contributed by atoms with E-state index in [1.807, 2.05) is 7.05 Å². The average Bonchev–Trinajstić information content (AvgIpc) is 2.91. The molecule has 1 N–H and O–H groups in total. The van der Waals surface area contributed by atoms with E-state index in [0.29, 0.717) is 23.0 Å². The van der Waals surface area contributed by atoms with Gasteiger partial charge < -0.3 is 10.1 Å². The van der Waals surface area contributed by atoms with Gasteiger partial charge in [-0.1, -0.05) is 23.9 Å². The average molecular weight is 297 g/mol. The Labute approximate surface area is 120 Å². The summed E-state index contributed by atoms with van der Waals surface area (Å²) in [6.07, 6.45) is 0. The fraction of sp³-hybridized carbons (Fsp3) is 0.417. The van der Waals surface area contributed by atoms with Crippen LogP contribution in [0.2, 0.25) is 0 Å². The molecule has 6 nitrogen and oxygen atoms in total. The Bertz CT molecular complexity index is 563. The molecule has 0 spiro atoms. The van der Waals surface area contributed by atoms with Gasteiger partial charge in [0.05, 0.1) is 13.7 Å². The van der Waals surface area contributed by atoms with E-state index < -0.39 is 0 Å². The number of hydrogen-bond acceptors (Lipinski definition) is 6. The molecule has 0 bridgehead atoms. The molecule has 1 aromatic carbocycles. The fourth-order valence-electron chi connectivity index (χ4n) is 1.63. The highest BCUT2D eigenvalue weighted by molar-refractivity contribution is 7.98. The van der Waals surface area contributed by atoms with Crippen LogP contribution >= 0.6 is 11.8 Å². The van der Waals surface area contributed by atoms with Crippen molar-refractivity contribution in [1.82, 2.24) is 25.5 Å². The van der Waals surface area contributed by atoms with Crippen molar-refractivity contribution in [2.75, 3.05) is 20.7 Å². The molecule has 0 radical (unpaired) electrons. The van der Waals surface area contributed by atoms with E-state index in [1.54, 1.807) is 22.9 Å². The van der Waals surface area contributed by atoms with Crippen molar-refractivity contribution in [3.8, 4) is 5.75 Å². The van der Waals surface area contributed by atoms with Crippen molar-refractivity contribution in [2.24, 2.45) is 0 Å². The molecule has 1 aromatic heterocycles. The lowest BCUT2D eigenvalue weighted by Gasteiger charge is -2.07. The summed E-state index contributed by atoms with van der Waals surface area (Å²) in [4.78, 5) is 0. The Balaban J connectivity index is 2.04. The smallest absolute Gasteiger partial charge is 0.209 e. The van der Waals surface area contributed by atoms with E-state index in [2.05, 4.69) is 20.8 Å². The zero-order chi connectivity index (χ0) is 14.4. The van der Waals surface area contributed by atoms with Crippen LogP contribution in [-0.2, 0) is 12.3 Å². The number of tetrazole rings is 1. The number of likely N-dealkylation sites (N-methyl/N-ethyl adjacent to an activating group) is 1. The molecule has 108 valence electrons. The van der Waals surface area contributed by atoms with Crippen molar-refractivity contribution in [3.63, 3.8) is 0 Å². The van der Waals surface area contributed by atoms with E-state index in [9.17, 15) is 4.39 Å². The van der Waals surface area contributed by atoms with Gasteiger partial charge in [0.15, 0.2) is 11.6 Å². The Morgan fingerprint density at radius 3 is 3.05 bits per heavy atom. The number of benzene rings is 1. The zero-order valence-corrected chi connectivity index (χ0v) is 12.2. The highest BCUT2D eigenvalue weighted by Gasteiger charge is 2.11. The fourth-order valence-corrected chi connectivity index (χ4v) is 2.50. The number of methoxy groups -OCH3 is 1. The lowest BCUT2D eigenvalue weighted by atomic mass is 10.2. The van der Waals surface area contributed by atoms with Gasteiger partial charge in [-0.25, -0.2) is 9.07 Å². The molecule has 0 saturated heterocycles. The Hall–Kier alpha value is -1.67. The Morgan fingerprint density at radius 1 is 1.45 bits per heavy atom. The molecule has 0 atom stereocenters. The van der Waals surface area contributed by atoms with Crippen molar-refractivity contribution >= 4 is 11.8 Å². The van der Waals surface area contributed by atoms with Crippen LogP contribution in [0.15, 0.2) is 23.4 Å². The van der Waals surface area contributed by atoms with Gasteiger partial charge in [0.25, 0.3) is 0 Å². The van der Waals surface area contributed by atoms with Gasteiger partial charge in [-0.3, -0.25) is 0 Å². The Morgan fingerprint density at radius 2 is 2.30 bits per heavy atom. The summed E-state index contributed by atoms with van der Waals surface area (Å²) in [6, 6.07) is 5.09. The van der Waals surface area contributed by atoms with Crippen LogP contribution in [0.5, 0.6) is 5.75 Å². The van der Waals surface area contributed by atoms with Crippen molar-refractivity contribution in [3.05, 3.63) is 29.6 Å². The third-order valence-electron chi connectivity index (χ3n) is 2.69. The molecule has 2 aromatic rings. The normalized spacial score (nSPS) is 10.8. The summed E-state index contributed by atoms with van der Waals surface area (Å²) < 4.78 is 20.7. The summed E-state index contributed by atoms with van der Waals surface area (Å²) in [5, 5.41) is 15.2. The predicted molar refractivity (Wildman–Crippen MR) is 74.3 cm³/mol. The molecule has 0 aliphatic heterocycles. The number of nitrogens with one attached hydrogen (secondary N) is 1. The third kappa shape index (κ3) is 3.45. The second-order valence-corrected chi connectivity index (χ2v) is 4.95. The Kier molecular flexibility index (Phi) is 5.31. The molecular weight excluding hydrogens is 281 g/mol. The lowest BCUT2D eigenvalue weighted by molar-refractivity contribution is 0.385. The minimum absolute atomic E-state index is 0.248. The van der Waals surface area contributed by atoms with Crippen molar-refractivity contribution in [2.45, 2.75) is 17.5 Å². The first-order valence-corrected chi connectivity index (χ1v) is 7.09. The molecule has 0 unspecified atom stereocenters. The minimum Gasteiger partial charge on any atom is -0.494 e. The molecule has 0 fully saturated rings. The van der Waals surface area contributed by atoms with Crippen molar-refractivity contribution < 1.29 is 9.13 Å². The topological polar surface area (TPSA) is 64.9 Å². The van der Waals surface area contributed by atoms with Crippen LogP contribution in [0, 0.1) is 5.82 Å². The van der Waals surface area contributed by atoms with Crippen LogP contribution < -0.4 is 10.1 Å². The highest BCUT2D eigenvalue weighted by Crippen LogP contribution is 2.26. The zero-order valence-electron chi connectivity index (χ0n) is 11.3. The summed E-state index contributed by atoms with van der Waals surface area (Å²) in [5.41, 5.74) is 0.567. The molecule has 0 saturated carbocycles. The molecule has 0 amide bonds. The minimum atomic E-state index is -0.336. The largest absolute Gasteiger partial charge is 0.494 e. The number of aromatic nitrogens is 4. The van der Waals surface area contributed by atoms with Gasteiger partial charge in [-0.05, 0) is 23.5 Å². The molecule has 2 rings (SSSR count). The first-order chi connectivity index (χ1) is 9.76. The first kappa shape index (κ1) is 14.7. The van der Waals surface area contributed by atoms with Crippen LogP contribution in [0.1, 0.15) is 5.56 Å². The van der Waals surface area contributed by atoms with Crippen molar-refractivity contribution in [1.29, 1.82) is 0 Å². The van der Waals surface area contributed by atoms with Gasteiger partial charge in [0.1, 0.15) is 0 Å². The van der Waals surface area contributed by atoms with E-state index in [-0.39, 0.29) is 11.6 Å². The first-order valence-electron chi connectivity index (χ1n) is 6.11. The highest BCUT2D eigenvalue weighted by atomic mass is 32.2. The molecule has 20 heavy (non-hydrogen) atoms. The number of halogens is 1. The summed E-state index contributed by atoms with van der Waals surface area (Å²) in [6.45, 7) is 1.44. The standard InChI is InChI=1S/C12H16FN5OS/c1-14-6-7-18-12(15-16-17-18)20-8-9-4-3-5-10(19-2)11(9)13/h3-5,14H,6-8H2,1-2H3. The van der Waals surface area contributed by atoms with Crippen LogP contribution in [0.3, 0.4) is 0 Å². The quantitative estimate of drug-likeness (QED) is 0.778. The van der Waals surface area contributed by atoms with Gasteiger partial charge >= 0.3 is 0 Å². The summed E-state index contributed by atoms with van der Waals surface area (Å²) in [5.74, 6) is 0.359. The number of nitrogens with zero attached hydrogens (tertiary/aromatic N) is 4. The molecular formula is C12H16FN5OS. The maximum atomic E-state index is 14.0. The molecule has 0 aliphatic rings. The SMILES string of the molecule is CNCCn1nnnc1SCc1cccc(OC)c1F. The van der Waals surface area contributed by atoms with Gasteiger partial charge in [-0.2, -0.15) is 0 Å². The van der Waals surface area contributed by atoms with Crippen LogP contribution in [-0.4, -0.2) is 40.9 Å². The van der Waals surface area contributed by atoms with Gasteiger partial charge in [0.2, 0.25) is 5.16 Å². The lowest BCUT2D eigenvalue weighted by Crippen LogP contribution is -2.16. The van der Waals surface area contributed by atoms with E-state index >= 15 is 0 Å². The number of ether oxygens (including phenoxy) is 1. The maximum Gasteiger partial charge on any atom is 0.209 e. The number of hydrogen-bond donors (Lipinski definition) is 1. The van der Waals surface area contributed by atoms with Gasteiger partial charge in [-0.15, -0.1) is 5.10 Å². The second kappa shape index (κ2) is 7.20. The number of rotatable bonds is 7.